The lowest BCUT2D eigenvalue weighted by Gasteiger charge is -2.08. The van der Waals surface area contributed by atoms with Crippen molar-refractivity contribution in [3.8, 4) is 0 Å². The van der Waals surface area contributed by atoms with E-state index in [1.54, 1.807) is 11.8 Å². The van der Waals surface area contributed by atoms with Crippen LogP contribution in [0.3, 0.4) is 0 Å². The van der Waals surface area contributed by atoms with Crippen molar-refractivity contribution in [2.45, 2.75) is 55.1 Å². The fourth-order valence-corrected chi connectivity index (χ4v) is 3.63. The van der Waals surface area contributed by atoms with Crippen LogP contribution in [-0.2, 0) is 12.3 Å². The zero-order valence-electron chi connectivity index (χ0n) is 12.0. The predicted octanol–water partition coefficient (Wildman–Crippen LogP) is 3.24. The van der Waals surface area contributed by atoms with Gasteiger partial charge in [-0.25, -0.2) is 0 Å². The van der Waals surface area contributed by atoms with Crippen molar-refractivity contribution >= 4 is 11.8 Å². The van der Waals surface area contributed by atoms with Crippen LogP contribution in [0.1, 0.15) is 54.6 Å². The monoisotopic (exact) mass is 300 g/mol. The molecule has 4 nitrogen and oxygen atoms in total. The van der Waals surface area contributed by atoms with Crippen molar-refractivity contribution in [1.82, 2.24) is 14.8 Å². The van der Waals surface area contributed by atoms with Crippen LogP contribution in [0.25, 0.3) is 0 Å². The second-order valence-electron chi connectivity index (χ2n) is 6.03. The standard InChI is InChI=1S/C16H20N4S/c17-9-11-2-1-3-12(8-11)10-21-16-19-18-15(13-4-5-13)20(16)14-6-7-14/h1-3,8,13-14H,4-7,9-10,17H2. The van der Waals surface area contributed by atoms with Gasteiger partial charge in [0.15, 0.2) is 5.16 Å². The molecule has 2 saturated carbocycles. The molecule has 4 rings (SSSR count). The number of rotatable bonds is 6. The molecule has 0 amide bonds. The second-order valence-corrected chi connectivity index (χ2v) is 6.97. The van der Waals surface area contributed by atoms with Gasteiger partial charge < -0.3 is 10.3 Å². The van der Waals surface area contributed by atoms with E-state index >= 15 is 0 Å². The Balaban J connectivity index is 1.51. The van der Waals surface area contributed by atoms with E-state index in [1.807, 2.05) is 0 Å². The highest BCUT2D eigenvalue weighted by Crippen LogP contribution is 2.46. The molecule has 2 aromatic rings. The molecule has 1 aromatic heterocycles. The van der Waals surface area contributed by atoms with E-state index in [0.29, 0.717) is 18.5 Å². The molecule has 2 aliphatic carbocycles. The van der Waals surface area contributed by atoms with Crippen LogP contribution in [0, 0.1) is 0 Å². The fraction of sp³-hybridized carbons (Fsp3) is 0.500. The van der Waals surface area contributed by atoms with Gasteiger partial charge in [0.1, 0.15) is 5.82 Å². The summed E-state index contributed by atoms with van der Waals surface area (Å²) in [6.45, 7) is 0.600. The molecule has 2 N–H and O–H groups in total. The average molecular weight is 300 g/mol. The number of hydrogen-bond donors (Lipinski definition) is 1. The Morgan fingerprint density at radius 3 is 2.67 bits per heavy atom. The lowest BCUT2D eigenvalue weighted by atomic mass is 10.1. The Hall–Kier alpha value is -1.33. The minimum Gasteiger partial charge on any atom is -0.326 e. The molecular formula is C16H20N4S. The third-order valence-electron chi connectivity index (χ3n) is 4.14. The largest absolute Gasteiger partial charge is 0.326 e. The SMILES string of the molecule is NCc1cccc(CSc2nnc(C3CC3)n2C2CC2)c1. The van der Waals surface area contributed by atoms with E-state index in [9.17, 15) is 0 Å². The summed E-state index contributed by atoms with van der Waals surface area (Å²) >= 11 is 1.80. The Kier molecular flexibility index (Phi) is 3.47. The van der Waals surface area contributed by atoms with Crippen molar-refractivity contribution in [2.24, 2.45) is 5.73 Å². The first-order chi connectivity index (χ1) is 10.3. The highest BCUT2D eigenvalue weighted by Gasteiger charge is 2.36. The molecule has 0 unspecified atom stereocenters. The van der Waals surface area contributed by atoms with Gasteiger partial charge in [-0.3, -0.25) is 0 Å². The first kappa shape index (κ1) is 13.3. The van der Waals surface area contributed by atoms with E-state index in [-0.39, 0.29) is 0 Å². The first-order valence-electron chi connectivity index (χ1n) is 7.70. The summed E-state index contributed by atoms with van der Waals surface area (Å²) < 4.78 is 2.41. The van der Waals surface area contributed by atoms with E-state index in [0.717, 1.165) is 10.9 Å². The third kappa shape index (κ3) is 2.85. The van der Waals surface area contributed by atoms with Gasteiger partial charge in [0.05, 0.1) is 0 Å². The highest BCUT2D eigenvalue weighted by atomic mass is 32.2. The minimum absolute atomic E-state index is 0.600. The van der Waals surface area contributed by atoms with Gasteiger partial charge in [0, 0.05) is 24.3 Å². The van der Waals surface area contributed by atoms with Gasteiger partial charge in [-0.2, -0.15) is 0 Å². The summed E-state index contributed by atoms with van der Waals surface area (Å²) in [7, 11) is 0. The van der Waals surface area contributed by atoms with E-state index < -0.39 is 0 Å². The Labute approximate surface area is 129 Å². The van der Waals surface area contributed by atoms with Crippen molar-refractivity contribution in [3.05, 3.63) is 41.2 Å². The minimum atomic E-state index is 0.600. The van der Waals surface area contributed by atoms with Gasteiger partial charge in [0.25, 0.3) is 0 Å². The van der Waals surface area contributed by atoms with Crippen LogP contribution in [0.15, 0.2) is 29.4 Å². The predicted molar refractivity (Wildman–Crippen MR) is 84.2 cm³/mol. The Morgan fingerprint density at radius 2 is 1.95 bits per heavy atom. The number of aromatic nitrogens is 3. The molecule has 2 fully saturated rings. The number of nitrogens with zero attached hydrogens (tertiary/aromatic N) is 3. The molecule has 0 atom stereocenters. The normalized spacial score (nSPS) is 18.1. The van der Waals surface area contributed by atoms with Crippen LogP contribution >= 0.6 is 11.8 Å². The van der Waals surface area contributed by atoms with Crippen molar-refractivity contribution < 1.29 is 0 Å². The maximum absolute atomic E-state index is 5.71. The van der Waals surface area contributed by atoms with Gasteiger partial charge in [-0.05, 0) is 36.8 Å². The lowest BCUT2D eigenvalue weighted by molar-refractivity contribution is 0.627. The van der Waals surface area contributed by atoms with Crippen molar-refractivity contribution in [2.75, 3.05) is 0 Å². The molecule has 110 valence electrons. The summed E-state index contributed by atoms with van der Waals surface area (Å²) in [6.07, 6.45) is 5.14. The number of thioether (sulfide) groups is 1. The zero-order chi connectivity index (χ0) is 14.2. The number of nitrogens with two attached hydrogens (primary N) is 1. The highest BCUT2D eigenvalue weighted by molar-refractivity contribution is 7.98. The zero-order valence-corrected chi connectivity index (χ0v) is 12.9. The summed E-state index contributed by atoms with van der Waals surface area (Å²) in [5.41, 5.74) is 8.21. The molecular weight excluding hydrogens is 280 g/mol. The van der Waals surface area contributed by atoms with Crippen LogP contribution in [0.5, 0.6) is 0 Å². The molecule has 2 aliphatic rings. The molecule has 1 aromatic carbocycles. The number of hydrogen-bond acceptors (Lipinski definition) is 4. The van der Waals surface area contributed by atoms with Gasteiger partial charge in [0.2, 0.25) is 0 Å². The second kappa shape index (κ2) is 5.46. The van der Waals surface area contributed by atoms with Crippen LogP contribution in [0.2, 0.25) is 0 Å². The van der Waals surface area contributed by atoms with E-state index in [1.165, 1.54) is 42.6 Å². The fourth-order valence-electron chi connectivity index (χ4n) is 2.68. The molecule has 0 aliphatic heterocycles. The number of benzene rings is 1. The smallest absolute Gasteiger partial charge is 0.191 e. The van der Waals surface area contributed by atoms with Gasteiger partial charge >= 0.3 is 0 Å². The molecule has 21 heavy (non-hydrogen) atoms. The average Bonchev–Trinajstić information content (AvgIpc) is 3.44. The van der Waals surface area contributed by atoms with Crippen LogP contribution in [-0.4, -0.2) is 14.8 Å². The molecule has 0 bridgehead atoms. The Morgan fingerprint density at radius 1 is 1.14 bits per heavy atom. The maximum Gasteiger partial charge on any atom is 0.191 e. The summed E-state index contributed by atoms with van der Waals surface area (Å²) in [6, 6.07) is 9.16. The van der Waals surface area contributed by atoms with Crippen LogP contribution in [0.4, 0.5) is 0 Å². The maximum atomic E-state index is 5.71. The van der Waals surface area contributed by atoms with Gasteiger partial charge in [-0.1, -0.05) is 36.0 Å². The van der Waals surface area contributed by atoms with Gasteiger partial charge in [-0.15, -0.1) is 10.2 Å². The van der Waals surface area contributed by atoms with E-state index in [4.69, 9.17) is 5.73 Å². The Bertz CT molecular complexity index is 643. The van der Waals surface area contributed by atoms with Crippen LogP contribution < -0.4 is 5.73 Å². The topological polar surface area (TPSA) is 56.7 Å². The quantitative estimate of drug-likeness (QED) is 0.832. The van der Waals surface area contributed by atoms with Crippen molar-refractivity contribution in [3.63, 3.8) is 0 Å². The summed E-state index contributed by atoms with van der Waals surface area (Å²) in [5.74, 6) is 2.84. The molecule has 1 heterocycles. The summed E-state index contributed by atoms with van der Waals surface area (Å²) in [4.78, 5) is 0. The molecule has 5 heteroatoms. The summed E-state index contributed by atoms with van der Waals surface area (Å²) in [5, 5.41) is 10.0. The van der Waals surface area contributed by atoms with Crippen molar-refractivity contribution in [1.29, 1.82) is 0 Å². The lowest BCUT2D eigenvalue weighted by Crippen LogP contribution is -2.02. The van der Waals surface area contributed by atoms with E-state index in [2.05, 4.69) is 39.0 Å². The molecule has 0 spiro atoms. The third-order valence-corrected chi connectivity index (χ3v) is 5.15. The molecule has 0 saturated heterocycles. The first-order valence-corrected chi connectivity index (χ1v) is 8.69. The molecule has 0 radical (unpaired) electrons.